The number of anilines is 3. The summed E-state index contributed by atoms with van der Waals surface area (Å²) in [5.41, 5.74) is 5.64. The molecule has 0 amide bonds. The summed E-state index contributed by atoms with van der Waals surface area (Å²) in [4.78, 5) is 9.11. The Morgan fingerprint density at radius 3 is 2.97 bits per heavy atom. The van der Waals surface area contributed by atoms with Crippen molar-refractivity contribution in [3.05, 3.63) is 47.3 Å². The molecule has 0 spiro atoms. The molecule has 8 nitrogen and oxygen atoms in total. The fourth-order valence-electron chi connectivity index (χ4n) is 4.15. The van der Waals surface area contributed by atoms with Gasteiger partial charge in [-0.3, -0.25) is 0 Å². The quantitative estimate of drug-likeness (QED) is 0.634. The predicted octanol–water partition coefficient (Wildman–Crippen LogP) is 3.66. The molecule has 0 bridgehead atoms. The summed E-state index contributed by atoms with van der Waals surface area (Å²) in [5, 5.41) is 20.8. The molecular weight excluding hydrogens is 390 g/mol. The summed E-state index contributed by atoms with van der Waals surface area (Å²) in [6, 6.07) is 10.2. The first kappa shape index (κ1) is 19.5. The first-order valence-corrected chi connectivity index (χ1v) is 10.6. The average molecular weight is 416 g/mol. The zero-order chi connectivity index (χ0) is 21.4. The molecule has 0 radical (unpaired) electrons. The number of aryl methyl sites for hydroxylation is 2. The van der Waals surface area contributed by atoms with E-state index in [9.17, 15) is 5.26 Å². The third-order valence-corrected chi connectivity index (χ3v) is 5.96. The van der Waals surface area contributed by atoms with Gasteiger partial charge in [0.15, 0.2) is 0 Å². The van der Waals surface area contributed by atoms with E-state index in [1.54, 1.807) is 6.20 Å². The van der Waals surface area contributed by atoms with Gasteiger partial charge in [0, 0.05) is 36.3 Å². The monoisotopic (exact) mass is 415 g/mol. The fraction of sp³-hybridized carbons (Fsp3) is 0.391. The zero-order valence-electron chi connectivity index (χ0n) is 17.8. The van der Waals surface area contributed by atoms with Gasteiger partial charge in [-0.1, -0.05) is 6.92 Å². The van der Waals surface area contributed by atoms with Crippen molar-refractivity contribution in [2.45, 2.75) is 33.2 Å². The summed E-state index contributed by atoms with van der Waals surface area (Å²) in [6.45, 7) is 7.51. The van der Waals surface area contributed by atoms with Gasteiger partial charge >= 0.3 is 0 Å². The molecule has 4 heterocycles. The number of nitrogens with one attached hydrogen (secondary N) is 2. The lowest BCUT2D eigenvalue weighted by molar-refractivity contribution is -0.107. The molecule has 2 aromatic heterocycles. The van der Waals surface area contributed by atoms with Crippen LogP contribution in [-0.4, -0.2) is 39.5 Å². The summed E-state index contributed by atoms with van der Waals surface area (Å²) in [6.07, 6.45) is 3.66. The number of aromatic nitrogens is 4. The lowest BCUT2D eigenvalue weighted by Crippen LogP contribution is -2.40. The van der Waals surface area contributed by atoms with E-state index >= 15 is 0 Å². The smallest absolute Gasteiger partial charge is 0.228 e. The van der Waals surface area contributed by atoms with Crippen molar-refractivity contribution in [1.29, 1.82) is 5.26 Å². The molecule has 8 heteroatoms. The van der Waals surface area contributed by atoms with Crippen LogP contribution in [0.25, 0.3) is 11.3 Å². The van der Waals surface area contributed by atoms with Gasteiger partial charge in [0.1, 0.15) is 11.9 Å². The standard InChI is InChI=1S/C23H25N7O/c1-15-9-20(30(29-15)8-5-23(2)13-31-14-23)28-22-26-7-4-19(27-22)17-10-16-3-6-25-21(16)18(11-17)12-24/h4,7,9-11,25H,3,5-6,8,13-14H2,1-2H3,(H,26,27,28). The van der Waals surface area contributed by atoms with Crippen LogP contribution in [0.3, 0.4) is 0 Å². The van der Waals surface area contributed by atoms with Gasteiger partial charge < -0.3 is 15.4 Å². The second-order valence-electron chi connectivity index (χ2n) is 8.68. The molecule has 2 aliphatic rings. The Morgan fingerprint density at radius 2 is 2.19 bits per heavy atom. The highest BCUT2D eigenvalue weighted by atomic mass is 16.5. The Balaban J connectivity index is 1.39. The minimum Gasteiger partial charge on any atom is -0.383 e. The number of hydrogen-bond donors (Lipinski definition) is 2. The van der Waals surface area contributed by atoms with Crippen molar-refractivity contribution in [2.75, 3.05) is 30.4 Å². The Labute approximate surface area is 181 Å². The summed E-state index contributed by atoms with van der Waals surface area (Å²) in [5.74, 6) is 1.38. The minimum atomic E-state index is 0.231. The molecule has 1 fully saturated rings. The molecular formula is C23H25N7O. The van der Waals surface area contributed by atoms with E-state index in [0.717, 1.165) is 73.2 Å². The highest BCUT2D eigenvalue weighted by Gasteiger charge is 2.33. The van der Waals surface area contributed by atoms with Crippen LogP contribution in [0.4, 0.5) is 17.5 Å². The first-order chi connectivity index (χ1) is 15.0. The molecule has 2 aliphatic heterocycles. The van der Waals surface area contributed by atoms with Crippen molar-refractivity contribution < 1.29 is 4.74 Å². The molecule has 2 N–H and O–H groups in total. The zero-order valence-corrected chi connectivity index (χ0v) is 17.8. The van der Waals surface area contributed by atoms with Gasteiger partial charge in [-0.2, -0.15) is 10.4 Å². The third kappa shape index (κ3) is 3.84. The first-order valence-electron chi connectivity index (χ1n) is 10.6. The summed E-state index contributed by atoms with van der Waals surface area (Å²) >= 11 is 0. The van der Waals surface area contributed by atoms with Crippen molar-refractivity contribution in [3.8, 4) is 17.3 Å². The largest absolute Gasteiger partial charge is 0.383 e. The molecule has 1 saturated heterocycles. The fourth-order valence-corrected chi connectivity index (χ4v) is 4.15. The number of nitriles is 1. The van der Waals surface area contributed by atoms with Crippen LogP contribution < -0.4 is 10.6 Å². The normalized spacial score (nSPS) is 16.2. The second kappa shape index (κ2) is 7.67. The number of rotatable bonds is 6. The van der Waals surface area contributed by atoms with E-state index < -0.39 is 0 Å². The van der Waals surface area contributed by atoms with Crippen molar-refractivity contribution in [1.82, 2.24) is 19.7 Å². The maximum absolute atomic E-state index is 9.53. The molecule has 3 aromatic rings. The van der Waals surface area contributed by atoms with Crippen molar-refractivity contribution >= 4 is 17.5 Å². The third-order valence-electron chi connectivity index (χ3n) is 5.96. The van der Waals surface area contributed by atoms with E-state index in [1.165, 1.54) is 0 Å². The van der Waals surface area contributed by atoms with Crippen LogP contribution in [0, 0.1) is 23.7 Å². The maximum atomic E-state index is 9.53. The van der Waals surface area contributed by atoms with Crippen LogP contribution in [-0.2, 0) is 17.7 Å². The average Bonchev–Trinajstić information content (AvgIpc) is 3.36. The number of ether oxygens (including phenoxy) is 1. The highest BCUT2D eigenvalue weighted by Crippen LogP contribution is 2.33. The van der Waals surface area contributed by atoms with Crippen LogP contribution in [0.1, 0.15) is 30.2 Å². The Hall–Kier alpha value is -3.44. The number of nitrogens with zero attached hydrogens (tertiary/aromatic N) is 5. The molecule has 158 valence electrons. The van der Waals surface area contributed by atoms with Gasteiger partial charge in [0.05, 0.1) is 35.9 Å². The van der Waals surface area contributed by atoms with E-state index in [-0.39, 0.29) is 5.41 Å². The van der Waals surface area contributed by atoms with E-state index in [0.29, 0.717) is 11.5 Å². The van der Waals surface area contributed by atoms with Gasteiger partial charge in [0.25, 0.3) is 0 Å². The maximum Gasteiger partial charge on any atom is 0.228 e. The predicted molar refractivity (Wildman–Crippen MR) is 118 cm³/mol. The number of hydrogen-bond acceptors (Lipinski definition) is 7. The molecule has 0 aliphatic carbocycles. The topological polar surface area (TPSA) is 101 Å². The Morgan fingerprint density at radius 1 is 1.32 bits per heavy atom. The molecule has 0 atom stereocenters. The SMILES string of the molecule is Cc1cc(Nc2nccc(-c3cc(C#N)c4c(c3)CCN4)n2)n(CCC2(C)COC2)n1. The van der Waals surface area contributed by atoms with E-state index in [4.69, 9.17) is 9.72 Å². The summed E-state index contributed by atoms with van der Waals surface area (Å²) in [7, 11) is 0. The molecule has 31 heavy (non-hydrogen) atoms. The molecule has 5 rings (SSSR count). The second-order valence-corrected chi connectivity index (χ2v) is 8.68. The lowest BCUT2D eigenvalue weighted by atomic mass is 9.85. The van der Waals surface area contributed by atoms with Crippen LogP contribution in [0.2, 0.25) is 0 Å². The molecule has 0 unspecified atom stereocenters. The summed E-state index contributed by atoms with van der Waals surface area (Å²) < 4.78 is 7.34. The van der Waals surface area contributed by atoms with Gasteiger partial charge in [-0.15, -0.1) is 0 Å². The van der Waals surface area contributed by atoms with Crippen LogP contribution >= 0.6 is 0 Å². The Bertz CT molecular complexity index is 1170. The molecule has 0 saturated carbocycles. The number of benzene rings is 1. The van der Waals surface area contributed by atoms with E-state index in [2.05, 4.69) is 39.8 Å². The minimum absolute atomic E-state index is 0.231. The van der Waals surface area contributed by atoms with Gasteiger partial charge in [-0.05, 0) is 43.5 Å². The molecule has 1 aromatic carbocycles. The van der Waals surface area contributed by atoms with Crippen molar-refractivity contribution in [3.63, 3.8) is 0 Å². The lowest BCUT2D eigenvalue weighted by Gasteiger charge is -2.38. The Kier molecular flexibility index (Phi) is 4.83. The van der Waals surface area contributed by atoms with Crippen LogP contribution in [0.5, 0.6) is 0 Å². The van der Waals surface area contributed by atoms with Crippen molar-refractivity contribution in [2.24, 2.45) is 5.41 Å². The van der Waals surface area contributed by atoms with Gasteiger partial charge in [0.2, 0.25) is 5.95 Å². The van der Waals surface area contributed by atoms with Gasteiger partial charge in [-0.25, -0.2) is 14.6 Å². The van der Waals surface area contributed by atoms with Crippen LogP contribution in [0.15, 0.2) is 30.5 Å². The number of fused-ring (bicyclic) bond motifs is 1. The van der Waals surface area contributed by atoms with E-state index in [1.807, 2.05) is 29.8 Å². The highest BCUT2D eigenvalue weighted by molar-refractivity contribution is 5.74.